The highest BCUT2D eigenvalue weighted by Gasteiger charge is 2.30. The highest BCUT2D eigenvalue weighted by Crippen LogP contribution is 2.29. The summed E-state index contributed by atoms with van der Waals surface area (Å²) in [5.41, 5.74) is 0.273. The molecule has 3 rings (SSSR count). The molecule has 0 saturated heterocycles. The molecular weight excluding hydrogens is 467 g/mol. The lowest BCUT2D eigenvalue weighted by atomic mass is 10.1. The van der Waals surface area contributed by atoms with Crippen LogP contribution in [0.5, 0.6) is 5.75 Å². The molecule has 3 aromatic rings. The Hall–Kier alpha value is -3.05. The molecule has 0 spiro atoms. The number of aromatic nitrogens is 3. The van der Waals surface area contributed by atoms with Gasteiger partial charge in [-0.15, -0.1) is 10.2 Å². The minimum atomic E-state index is -4.46. The van der Waals surface area contributed by atoms with Gasteiger partial charge in [-0.3, -0.25) is 9.36 Å². The summed E-state index contributed by atoms with van der Waals surface area (Å²) in [6.45, 7) is 0.912. The number of hydrogen-bond acceptors (Lipinski definition) is 6. The molecule has 34 heavy (non-hydrogen) atoms. The van der Waals surface area contributed by atoms with Gasteiger partial charge in [-0.1, -0.05) is 36.0 Å². The summed E-state index contributed by atoms with van der Waals surface area (Å²) in [5, 5.41) is 11.9. The zero-order chi connectivity index (χ0) is 24.7. The summed E-state index contributed by atoms with van der Waals surface area (Å²) in [4.78, 5) is 14.5. The van der Waals surface area contributed by atoms with Crippen LogP contribution in [-0.2, 0) is 23.9 Å². The van der Waals surface area contributed by atoms with Crippen molar-refractivity contribution in [2.45, 2.75) is 24.3 Å². The molecular formula is C23H26F3N5O2S. The van der Waals surface area contributed by atoms with E-state index in [4.69, 9.17) is 4.74 Å². The lowest BCUT2D eigenvalue weighted by molar-refractivity contribution is -0.137. The predicted octanol–water partition coefficient (Wildman–Crippen LogP) is 3.81. The molecule has 0 atom stereocenters. The van der Waals surface area contributed by atoms with E-state index < -0.39 is 17.6 Å². The molecule has 11 heteroatoms. The average Bonchev–Trinajstić information content (AvgIpc) is 3.20. The van der Waals surface area contributed by atoms with Crippen molar-refractivity contribution in [2.24, 2.45) is 0 Å². The van der Waals surface area contributed by atoms with Gasteiger partial charge in [0.1, 0.15) is 5.75 Å². The number of hydrogen-bond donors (Lipinski definition) is 1. The monoisotopic (exact) mass is 493 g/mol. The maximum Gasteiger partial charge on any atom is 0.416 e. The topological polar surface area (TPSA) is 72.3 Å². The third kappa shape index (κ3) is 6.97. The van der Waals surface area contributed by atoms with Gasteiger partial charge in [0.2, 0.25) is 5.91 Å². The molecule has 1 heterocycles. The molecule has 0 radical (unpaired) electrons. The second-order valence-electron chi connectivity index (χ2n) is 7.74. The summed E-state index contributed by atoms with van der Waals surface area (Å²) in [7, 11) is 5.55. The molecule has 0 saturated carbocycles. The second kappa shape index (κ2) is 11.4. The summed E-state index contributed by atoms with van der Waals surface area (Å²) < 4.78 is 46.0. The van der Waals surface area contributed by atoms with Crippen molar-refractivity contribution in [1.82, 2.24) is 25.0 Å². The van der Waals surface area contributed by atoms with Crippen LogP contribution in [0.2, 0.25) is 0 Å². The van der Waals surface area contributed by atoms with Gasteiger partial charge in [0.05, 0.1) is 31.3 Å². The zero-order valence-electron chi connectivity index (χ0n) is 19.1. The highest BCUT2D eigenvalue weighted by molar-refractivity contribution is 7.99. The Morgan fingerprint density at radius 1 is 1.15 bits per heavy atom. The third-order valence-electron chi connectivity index (χ3n) is 4.84. The first-order valence-electron chi connectivity index (χ1n) is 10.5. The zero-order valence-corrected chi connectivity index (χ0v) is 19.9. The maximum absolute atomic E-state index is 12.9. The Bertz CT molecular complexity index is 1120. The van der Waals surface area contributed by atoms with E-state index in [9.17, 15) is 18.0 Å². The van der Waals surface area contributed by atoms with Crippen molar-refractivity contribution in [3.05, 3.63) is 65.5 Å². The number of nitrogens with one attached hydrogen (secondary N) is 1. The first-order valence-corrected chi connectivity index (χ1v) is 11.4. The van der Waals surface area contributed by atoms with Crippen LogP contribution in [-0.4, -0.2) is 59.1 Å². The third-order valence-corrected chi connectivity index (χ3v) is 5.75. The number of alkyl halides is 3. The van der Waals surface area contributed by atoms with Crippen LogP contribution in [0.4, 0.5) is 13.2 Å². The summed E-state index contributed by atoms with van der Waals surface area (Å²) >= 11 is 1.53. The SMILES string of the molecule is COc1cccc(-n2c(CNC(=O)Cc3cccc(C(F)(F)F)c3)nnc2SCCN(C)C)c1. The fourth-order valence-electron chi connectivity index (χ4n) is 3.12. The van der Waals surface area contributed by atoms with Crippen LogP contribution < -0.4 is 10.1 Å². The van der Waals surface area contributed by atoms with Gasteiger partial charge in [0.25, 0.3) is 0 Å². The Balaban J connectivity index is 1.75. The molecule has 1 aromatic heterocycles. The molecule has 0 fully saturated rings. The normalized spacial score (nSPS) is 11.6. The van der Waals surface area contributed by atoms with Gasteiger partial charge in [-0.2, -0.15) is 13.2 Å². The van der Waals surface area contributed by atoms with Crippen LogP contribution >= 0.6 is 11.8 Å². The molecule has 0 aliphatic rings. The quantitative estimate of drug-likeness (QED) is 0.433. The smallest absolute Gasteiger partial charge is 0.416 e. The fraction of sp³-hybridized carbons (Fsp3) is 0.348. The van der Waals surface area contributed by atoms with E-state index >= 15 is 0 Å². The minimum Gasteiger partial charge on any atom is -0.497 e. The lowest BCUT2D eigenvalue weighted by Gasteiger charge is -2.13. The Morgan fingerprint density at radius 3 is 2.62 bits per heavy atom. The van der Waals surface area contributed by atoms with Crippen LogP contribution in [0.15, 0.2) is 53.7 Å². The highest BCUT2D eigenvalue weighted by atomic mass is 32.2. The maximum atomic E-state index is 12.9. The van der Waals surface area contributed by atoms with Gasteiger partial charge >= 0.3 is 6.18 Å². The average molecular weight is 494 g/mol. The van der Waals surface area contributed by atoms with Gasteiger partial charge in [0, 0.05) is 18.4 Å². The van der Waals surface area contributed by atoms with E-state index in [1.165, 1.54) is 23.9 Å². The number of carbonyl (C=O) groups is 1. The second-order valence-corrected chi connectivity index (χ2v) is 8.80. The first-order chi connectivity index (χ1) is 16.2. The summed E-state index contributed by atoms with van der Waals surface area (Å²) in [5.74, 6) is 1.53. The molecule has 0 aliphatic carbocycles. The van der Waals surface area contributed by atoms with Gasteiger partial charge in [-0.25, -0.2) is 0 Å². The molecule has 7 nitrogen and oxygen atoms in total. The number of methoxy groups -OCH3 is 1. The van der Waals surface area contributed by atoms with E-state index in [0.29, 0.717) is 16.7 Å². The van der Waals surface area contributed by atoms with E-state index in [0.717, 1.165) is 30.1 Å². The summed E-state index contributed by atoms with van der Waals surface area (Å²) in [6.07, 6.45) is -4.64. The van der Waals surface area contributed by atoms with Crippen molar-refractivity contribution < 1.29 is 22.7 Å². The number of carbonyl (C=O) groups excluding carboxylic acids is 1. The number of nitrogens with zero attached hydrogens (tertiary/aromatic N) is 4. The van der Waals surface area contributed by atoms with Crippen molar-refractivity contribution in [3.63, 3.8) is 0 Å². The molecule has 1 N–H and O–H groups in total. The number of thioether (sulfide) groups is 1. The molecule has 0 unspecified atom stereocenters. The number of rotatable bonds is 10. The van der Waals surface area contributed by atoms with Crippen LogP contribution in [0.25, 0.3) is 5.69 Å². The van der Waals surface area contributed by atoms with Crippen molar-refractivity contribution >= 4 is 17.7 Å². The molecule has 182 valence electrons. The van der Waals surface area contributed by atoms with Gasteiger partial charge < -0.3 is 15.0 Å². The van der Waals surface area contributed by atoms with Crippen molar-refractivity contribution in [1.29, 1.82) is 0 Å². The van der Waals surface area contributed by atoms with Crippen molar-refractivity contribution in [3.8, 4) is 11.4 Å². The predicted molar refractivity (Wildman–Crippen MR) is 124 cm³/mol. The van der Waals surface area contributed by atoms with Crippen LogP contribution in [0.3, 0.4) is 0 Å². The van der Waals surface area contributed by atoms with E-state index in [2.05, 4.69) is 20.4 Å². The number of halogens is 3. The minimum absolute atomic E-state index is 0.0657. The van der Waals surface area contributed by atoms with E-state index in [1.807, 2.05) is 42.9 Å². The van der Waals surface area contributed by atoms with E-state index in [1.54, 1.807) is 7.11 Å². The first kappa shape index (κ1) is 25.6. The molecule has 2 aromatic carbocycles. The van der Waals surface area contributed by atoms with Crippen molar-refractivity contribution in [2.75, 3.05) is 33.5 Å². The summed E-state index contributed by atoms with van der Waals surface area (Å²) in [6, 6.07) is 12.1. The number of benzene rings is 2. The Kier molecular flexibility index (Phi) is 8.56. The molecule has 1 amide bonds. The molecule has 0 aliphatic heterocycles. The van der Waals surface area contributed by atoms with Crippen LogP contribution in [0, 0.1) is 0 Å². The van der Waals surface area contributed by atoms with Gasteiger partial charge in [-0.05, 0) is 37.9 Å². The lowest BCUT2D eigenvalue weighted by Crippen LogP contribution is -2.26. The Morgan fingerprint density at radius 2 is 1.91 bits per heavy atom. The molecule has 0 bridgehead atoms. The van der Waals surface area contributed by atoms with Gasteiger partial charge in [0.15, 0.2) is 11.0 Å². The standard InChI is InChI=1S/C23H26F3N5O2S/c1-30(2)10-11-34-22-29-28-20(31(22)18-8-5-9-19(14-18)33-3)15-27-21(32)13-16-6-4-7-17(12-16)23(24,25)26/h4-9,12,14H,10-11,13,15H2,1-3H3,(H,27,32). The number of ether oxygens (including phenoxy) is 1. The Labute approximate surface area is 200 Å². The fourth-order valence-corrected chi connectivity index (χ4v) is 4.20. The number of amides is 1. The van der Waals surface area contributed by atoms with Crippen LogP contribution in [0.1, 0.15) is 17.0 Å². The van der Waals surface area contributed by atoms with E-state index in [-0.39, 0.29) is 18.5 Å². The largest absolute Gasteiger partial charge is 0.497 e.